The third-order valence-electron chi connectivity index (χ3n) is 3.16. The van der Waals surface area contributed by atoms with E-state index in [0.29, 0.717) is 22.5 Å². The van der Waals surface area contributed by atoms with E-state index in [4.69, 9.17) is 10.9 Å². The molecule has 0 saturated carbocycles. The van der Waals surface area contributed by atoms with E-state index in [1.54, 1.807) is 18.2 Å². The van der Waals surface area contributed by atoms with E-state index >= 15 is 0 Å². The number of nitrogens with two attached hydrogens (primary N) is 1. The fourth-order valence-electron chi connectivity index (χ4n) is 2.32. The number of benzene rings is 2. The maximum absolute atomic E-state index is 10.8. The summed E-state index contributed by atoms with van der Waals surface area (Å²) in [5, 5.41) is 23.2. The van der Waals surface area contributed by atoms with Crippen molar-refractivity contribution in [2.45, 2.75) is 0 Å². The predicted molar refractivity (Wildman–Crippen MR) is 70.4 cm³/mol. The molecular formula is C13H9N3O3. The van der Waals surface area contributed by atoms with Crippen LogP contribution in [-0.2, 0) is 0 Å². The number of nitrogens with zero attached hydrogens (tertiary/aromatic N) is 2. The predicted octanol–water partition coefficient (Wildman–Crippen LogP) is 2.38. The summed E-state index contributed by atoms with van der Waals surface area (Å²) in [4.78, 5) is 10.3. The number of hydrogen-bond donors (Lipinski definition) is 2. The summed E-state index contributed by atoms with van der Waals surface area (Å²) in [6, 6.07) is 9.73. The molecule has 2 aromatic rings. The highest BCUT2D eigenvalue weighted by molar-refractivity contribution is 6.24. The van der Waals surface area contributed by atoms with Crippen LogP contribution in [-0.4, -0.2) is 15.8 Å². The van der Waals surface area contributed by atoms with Crippen molar-refractivity contribution in [2.75, 3.05) is 5.73 Å². The van der Waals surface area contributed by atoms with E-state index in [-0.39, 0.29) is 5.69 Å². The maximum Gasteiger partial charge on any atom is 0.270 e. The average Bonchev–Trinajstić information content (AvgIpc) is 2.70. The van der Waals surface area contributed by atoms with Crippen LogP contribution in [0.3, 0.4) is 0 Å². The molecule has 0 amide bonds. The van der Waals surface area contributed by atoms with Crippen molar-refractivity contribution in [3.63, 3.8) is 0 Å². The van der Waals surface area contributed by atoms with Crippen LogP contribution in [0.5, 0.6) is 0 Å². The van der Waals surface area contributed by atoms with Gasteiger partial charge in [-0.05, 0) is 29.3 Å². The number of nitro groups is 1. The van der Waals surface area contributed by atoms with Crippen molar-refractivity contribution in [2.24, 2.45) is 5.16 Å². The number of oxime groups is 1. The molecule has 0 aromatic heterocycles. The largest absolute Gasteiger partial charge is 0.410 e. The van der Waals surface area contributed by atoms with Gasteiger partial charge in [-0.25, -0.2) is 0 Å². The van der Waals surface area contributed by atoms with E-state index in [0.717, 1.165) is 11.1 Å². The van der Waals surface area contributed by atoms with Crippen molar-refractivity contribution in [3.05, 3.63) is 57.6 Å². The molecule has 0 fully saturated rings. The van der Waals surface area contributed by atoms with E-state index in [1.807, 2.05) is 6.07 Å². The molecule has 3 N–H and O–H groups in total. The first kappa shape index (κ1) is 11.2. The number of anilines is 1. The van der Waals surface area contributed by atoms with Crippen LogP contribution in [0.25, 0.3) is 11.1 Å². The molecule has 0 saturated heterocycles. The molecule has 3 rings (SSSR count). The Morgan fingerprint density at radius 2 is 1.68 bits per heavy atom. The first-order valence-corrected chi connectivity index (χ1v) is 5.53. The zero-order valence-corrected chi connectivity index (χ0v) is 9.70. The lowest BCUT2D eigenvalue weighted by Crippen LogP contribution is -1.99. The van der Waals surface area contributed by atoms with Gasteiger partial charge in [-0.15, -0.1) is 0 Å². The summed E-state index contributed by atoms with van der Waals surface area (Å²) in [7, 11) is 0. The Labute approximate surface area is 107 Å². The Bertz CT molecular complexity index is 738. The number of rotatable bonds is 1. The molecule has 1 aliphatic rings. The first-order valence-electron chi connectivity index (χ1n) is 5.53. The van der Waals surface area contributed by atoms with Crippen LogP contribution in [0.2, 0.25) is 0 Å². The van der Waals surface area contributed by atoms with Gasteiger partial charge < -0.3 is 10.9 Å². The van der Waals surface area contributed by atoms with Crippen molar-refractivity contribution < 1.29 is 10.1 Å². The number of nitro benzene ring substituents is 1. The van der Waals surface area contributed by atoms with Gasteiger partial charge in [-0.1, -0.05) is 11.2 Å². The molecule has 2 aromatic carbocycles. The summed E-state index contributed by atoms with van der Waals surface area (Å²) >= 11 is 0. The Morgan fingerprint density at radius 1 is 1.05 bits per heavy atom. The number of non-ortho nitro benzene ring substituents is 1. The molecule has 6 nitrogen and oxygen atoms in total. The fraction of sp³-hybridized carbons (Fsp3) is 0. The van der Waals surface area contributed by atoms with Gasteiger partial charge in [0.15, 0.2) is 0 Å². The van der Waals surface area contributed by atoms with E-state index < -0.39 is 4.92 Å². The van der Waals surface area contributed by atoms with Crippen LogP contribution < -0.4 is 5.73 Å². The minimum absolute atomic E-state index is 0.0410. The molecule has 0 radical (unpaired) electrons. The molecular weight excluding hydrogens is 246 g/mol. The highest BCUT2D eigenvalue weighted by Gasteiger charge is 2.27. The number of nitrogen functional groups attached to an aromatic ring is 1. The quantitative estimate of drug-likeness (QED) is 0.301. The van der Waals surface area contributed by atoms with Gasteiger partial charge in [0, 0.05) is 28.9 Å². The van der Waals surface area contributed by atoms with Crippen LogP contribution in [0.4, 0.5) is 11.4 Å². The van der Waals surface area contributed by atoms with Crippen molar-refractivity contribution in [3.8, 4) is 11.1 Å². The minimum atomic E-state index is -0.480. The Morgan fingerprint density at radius 3 is 2.32 bits per heavy atom. The van der Waals surface area contributed by atoms with Crippen molar-refractivity contribution in [1.29, 1.82) is 0 Å². The Kier molecular flexibility index (Phi) is 2.25. The lowest BCUT2D eigenvalue weighted by Gasteiger charge is -2.00. The van der Waals surface area contributed by atoms with Crippen molar-refractivity contribution in [1.82, 2.24) is 0 Å². The van der Waals surface area contributed by atoms with E-state index in [2.05, 4.69) is 5.16 Å². The zero-order chi connectivity index (χ0) is 13.6. The van der Waals surface area contributed by atoms with Crippen molar-refractivity contribution >= 4 is 17.1 Å². The topological polar surface area (TPSA) is 102 Å². The molecule has 6 heteroatoms. The number of fused-ring (bicyclic) bond motifs is 3. The van der Waals surface area contributed by atoms with Gasteiger partial charge in [0.1, 0.15) is 5.71 Å². The highest BCUT2D eigenvalue weighted by atomic mass is 16.6. The fourth-order valence-corrected chi connectivity index (χ4v) is 2.32. The second-order valence-corrected chi connectivity index (χ2v) is 4.24. The lowest BCUT2D eigenvalue weighted by molar-refractivity contribution is -0.384. The summed E-state index contributed by atoms with van der Waals surface area (Å²) in [5.41, 5.74) is 9.40. The standard InChI is InChI=1S/C13H9N3O3/c14-7-1-3-9-10-4-2-8(16(18)19)6-12(10)13(15-17)11(9)5-7/h1-6,17H,14H2. The monoisotopic (exact) mass is 255 g/mol. The van der Waals surface area contributed by atoms with Gasteiger partial charge in [0.2, 0.25) is 0 Å². The molecule has 94 valence electrons. The van der Waals surface area contributed by atoms with Crippen LogP contribution in [0.15, 0.2) is 41.6 Å². The van der Waals surface area contributed by atoms with Gasteiger partial charge in [-0.3, -0.25) is 10.1 Å². The van der Waals surface area contributed by atoms with Gasteiger partial charge in [0.25, 0.3) is 5.69 Å². The van der Waals surface area contributed by atoms with Gasteiger partial charge in [-0.2, -0.15) is 0 Å². The summed E-state index contributed by atoms with van der Waals surface area (Å²) < 4.78 is 0. The number of hydrogen-bond acceptors (Lipinski definition) is 5. The average molecular weight is 255 g/mol. The van der Waals surface area contributed by atoms with E-state index in [1.165, 1.54) is 12.1 Å². The molecule has 1 aliphatic carbocycles. The summed E-state index contributed by atoms with van der Waals surface area (Å²) in [6.45, 7) is 0. The highest BCUT2D eigenvalue weighted by Crippen LogP contribution is 2.39. The lowest BCUT2D eigenvalue weighted by atomic mass is 10.1. The smallest absolute Gasteiger partial charge is 0.270 e. The van der Waals surface area contributed by atoms with E-state index in [9.17, 15) is 10.1 Å². The summed E-state index contributed by atoms with van der Waals surface area (Å²) in [6.07, 6.45) is 0. The zero-order valence-electron chi connectivity index (χ0n) is 9.70. The van der Waals surface area contributed by atoms with Gasteiger partial charge in [0.05, 0.1) is 4.92 Å². The van der Waals surface area contributed by atoms with Crippen LogP contribution in [0.1, 0.15) is 11.1 Å². The molecule has 0 unspecified atom stereocenters. The normalized spacial score (nSPS) is 14.2. The molecule has 0 spiro atoms. The Hall–Kier alpha value is -2.89. The summed E-state index contributed by atoms with van der Waals surface area (Å²) in [5.74, 6) is 0. The van der Waals surface area contributed by atoms with Crippen LogP contribution in [0, 0.1) is 10.1 Å². The molecule has 0 heterocycles. The van der Waals surface area contributed by atoms with Gasteiger partial charge >= 0.3 is 0 Å². The second kappa shape index (κ2) is 3.81. The van der Waals surface area contributed by atoms with Crippen LogP contribution >= 0.6 is 0 Å². The molecule has 0 atom stereocenters. The molecule has 0 bridgehead atoms. The molecule has 0 aliphatic heterocycles. The SMILES string of the molecule is Nc1ccc2c(c1)C(=NO)c1cc([N+](=O)[O-])ccc1-2. The first-order chi connectivity index (χ1) is 9.11. The Balaban J connectivity index is 2.30. The minimum Gasteiger partial charge on any atom is -0.410 e. The molecule has 19 heavy (non-hydrogen) atoms. The maximum atomic E-state index is 10.8. The third kappa shape index (κ3) is 1.54. The second-order valence-electron chi connectivity index (χ2n) is 4.24. The third-order valence-corrected chi connectivity index (χ3v) is 3.16.